The van der Waals surface area contributed by atoms with Gasteiger partial charge in [0.15, 0.2) is 5.84 Å². The van der Waals surface area contributed by atoms with E-state index in [2.05, 4.69) is 176 Å². The average Bonchev–Trinajstić information content (AvgIpc) is 3.70. The van der Waals surface area contributed by atoms with Crippen LogP contribution in [-0.4, -0.2) is 16.5 Å². The molecule has 0 bridgehead atoms. The van der Waals surface area contributed by atoms with Crippen molar-refractivity contribution in [1.82, 2.24) is 4.98 Å². The van der Waals surface area contributed by atoms with Gasteiger partial charge in [0.05, 0.1) is 11.1 Å². The largest absolute Gasteiger partial charge is 0.264 e. The Balaban J connectivity index is 1.18. The molecule has 0 saturated carbocycles. The number of aromatic nitrogens is 1. The molecule has 10 rings (SSSR count). The molecule has 8 aromatic rings. The molecule has 54 heavy (non-hydrogen) atoms. The topological polar surface area (TPSA) is 37.6 Å². The third-order valence-electron chi connectivity index (χ3n) is 11.1. The third-order valence-corrected chi connectivity index (χ3v) is 11.1. The smallest absolute Gasteiger partial charge is 0.160 e. The number of nitrogens with zero attached hydrogens (tertiary/aromatic N) is 3. The van der Waals surface area contributed by atoms with Crippen LogP contribution in [0.4, 0.5) is 0 Å². The highest BCUT2D eigenvalue weighted by atomic mass is 14.9. The predicted molar refractivity (Wildman–Crippen MR) is 224 cm³/mol. The molecule has 2 aliphatic carbocycles. The number of aliphatic imine (C=N–C) groups is 2. The van der Waals surface area contributed by atoms with Gasteiger partial charge in [-0.1, -0.05) is 152 Å². The van der Waals surface area contributed by atoms with Crippen molar-refractivity contribution in [2.75, 3.05) is 0 Å². The maximum absolute atomic E-state index is 5.34. The standard InChI is InChI=1S/C51H35N3/c1-33(36-15-11-16-39(29-36)41-17-12-28-52-32-41)53-50(54-34(2)37-25-24-35-13-3-4-14-38(35)30-37)40-26-27-45-44-20-7-10-23-48(44)51(49(45)31-40)46-21-8-5-18-42(46)43-19-6-9-22-47(43)51/h3-32H,1H2,2H3/b53-50-,54-34+. The van der Waals surface area contributed by atoms with Crippen molar-refractivity contribution in [2.24, 2.45) is 9.98 Å². The first-order valence-electron chi connectivity index (χ1n) is 18.4. The van der Waals surface area contributed by atoms with Gasteiger partial charge in [-0.3, -0.25) is 4.98 Å². The van der Waals surface area contributed by atoms with E-state index in [0.717, 1.165) is 33.5 Å². The van der Waals surface area contributed by atoms with Crippen molar-refractivity contribution < 1.29 is 0 Å². The summed E-state index contributed by atoms with van der Waals surface area (Å²) in [4.78, 5) is 15.0. The number of hydrogen-bond donors (Lipinski definition) is 0. The zero-order valence-corrected chi connectivity index (χ0v) is 29.9. The Kier molecular flexibility index (Phi) is 7.41. The van der Waals surface area contributed by atoms with E-state index < -0.39 is 5.41 Å². The first kappa shape index (κ1) is 31.7. The zero-order valence-electron chi connectivity index (χ0n) is 29.9. The molecule has 0 aliphatic heterocycles. The van der Waals surface area contributed by atoms with Gasteiger partial charge in [-0.05, 0) is 97.6 Å². The molecule has 7 aromatic carbocycles. The lowest BCUT2D eigenvalue weighted by molar-refractivity contribution is 0.793. The monoisotopic (exact) mass is 689 g/mol. The van der Waals surface area contributed by atoms with E-state index in [4.69, 9.17) is 9.98 Å². The number of amidine groups is 1. The second kappa shape index (κ2) is 12.6. The Bertz CT molecular complexity index is 2800. The summed E-state index contributed by atoms with van der Waals surface area (Å²) in [5.41, 5.74) is 16.3. The number of hydrogen-bond acceptors (Lipinski definition) is 2. The Hall–Kier alpha value is -6.97. The van der Waals surface area contributed by atoms with Crippen molar-refractivity contribution >= 4 is 28.0 Å². The van der Waals surface area contributed by atoms with E-state index >= 15 is 0 Å². The summed E-state index contributed by atoms with van der Waals surface area (Å²) in [6, 6.07) is 60.8. The summed E-state index contributed by atoms with van der Waals surface area (Å²) < 4.78 is 0. The molecule has 0 fully saturated rings. The summed E-state index contributed by atoms with van der Waals surface area (Å²) >= 11 is 0. The minimum Gasteiger partial charge on any atom is -0.264 e. The highest BCUT2D eigenvalue weighted by Crippen LogP contribution is 2.62. The molecule has 0 N–H and O–H groups in total. The molecule has 3 nitrogen and oxygen atoms in total. The lowest BCUT2D eigenvalue weighted by Crippen LogP contribution is -2.26. The van der Waals surface area contributed by atoms with Gasteiger partial charge < -0.3 is 0 Å². The highest BCUT2D eigenvalue weighted by molar-refractivity contribution is 6.14. The molecule has 0 radical (unpaired) electrons. The van der Waals surface area contributed by atoms with Gasteiger partial charge in [0, 0.05) is 34.8 Å². The molecule has 2 aliphatic rings. The van der Waals surface area contributed by atoms with Crippen LogP contribution in [0.25, 0.3) is 49.9 Å². The van der Waals surface area contributed by atoms with Crippen molar-refractivity contribution in [3.05, 3.63) is 228 Å². The molecule has 1 aromatic heterocycles. The van der Waals surface area contributed by atoms with Crippen LogP contribution in [0.2, 0.25) is 0 Å². The van der Waals surface area contributed by atoms with Crippen LogP contribution in [0.15, 0.2) is 199 Å². The summed E-state index contributed by atoms with van der Waals surface area (Å²) in [6.07, 6.45) is 3.67. The van der Waals surface area contributed by atoms with Crippen molar-refractivity contribution in [3.63, 3.8) is 0 Å². The van der Waals surface area contributed by atoms with Gasteiger partial charge in [0.25, 0.3) is 0 Å². The van der Waals surface area contributed by atoms with E-state index in [1.807, 2.05) is 18.3 Å². The maximum Gasteiger partial charge on any atom is 0.160 e. The number of benzene rings is 7. The first-order chi connectivity index (χ1) is 26.6. The van der Waals surface area contributed by atoms with Crippen LogP contribution in [0.1, 0.15) is 45.9 Å². The van der Waals surface area contributed by atoms with E-state index in [9.17, 15) is 0 Å². The molecular formula is C51H35N3. The summed E-state index contributed by atoms with van der Waals surface area (Å²) in [7, 11) is 0. The molecular weight excluding hydrogens is 655 g/mol. The van der Waals surface area contributed by atoms with Gasteiger partial charge in [-0.2, -0.15) is 0 Å². The molecule has 254 valence electrons. The number of pyridine rings is 1. The fourth-order valence-electron chi connectivity index (χ4n) is 8.63. The van der Waals surface area contributed by atoms with Crippen LogP contribution in [0.3, 0.4) is 0 Å². The Morgan fingerprint density at radius 3 is 1.78 bits per heavy atom. The molecule has 1 spiro atoms. The van der Waals surface area contributed by atoms with Crippen molar-refractivity contribution in [2.45, 2.75) is 12.3 Å². The number of rotatable bonds is 5. The molecule has 0 unspecified atom stereocenters. The van der Waals surface area contributed by atoms with E-state index in [1.165, 1.54) is 55.3 Å². The molecule has 1 heterocycles. The van der Waals surface area contributed by atoms with E-state index in [1.54, 1.807) is 6.20 Å². The van der Waals surface area contributed by atoms with E-state index in [0.29, 0.717) is 11.5 Å². The van der Waals surface area contributed by atoms with Crippen LogP contribution >= 0.6 is 0 Å². The Morgan fingerprint density at radius 2 is 1.09 bits per heavy atom. The molecule has 0 amide bonds. The predicted octanol–water partition coefficient (Wildman–Crippen LogP) is 12.2. The van der Waals surface area contributed by atoms with Gasteiger partial charge in [0.1, 0.15) is 0 Å². The highest BCUT2D eigenvalue weighted by Gasteiger charge is 2.51. The SMILES string of the molecule is C=C(/N=C(\N=C(/C)c1ccc2ccccc2c1)c1ccc2c(c1)C1(c3ccccc3-c3ccccc31)c1ccccc1-2)c1cccc(-c2cccnc2)c1. The lowest BCUT2D eigenvalue weighted by atomic mass is 9.70. The minimum absolute atomic E-state index is 0.466. The second-order valence-corrected chi connectivity index (χ2v) is 14.1. The number of fused-ring (bicyclic) bond motifs is 11. The Morgan fingerprint density at radius 1 is 0.481 bits per heavy atom. The summed E-state index contributed by atoms with van der Waals surface area (Å²) in [6.45, 7) is 6.58. The van der Waals surface area contributed by atoms with Crippen molar-refractivity contribution in [3.8, 4) is 33.4 Å². The van der Waals surface area contributed by atoms with Crippen LogP contribution in [0, 0.1) is 0 Å². The maximum atomic E-state index is 5.34. The zero-order chi connectivity index (χ0) is 36.2. The molecule has 3 heteroatoms. The molecule has 0 saturated heterocycles. The quantitative estimate of drug-likeness (QED) is 0.131. The fourth-order valence-corrected chi connectivity index (χ4v) is 8.63. The average molecular weight is 690 g/mol. The second-order valence-electron chi connectivity index (χ2n) is 14.1. The van der Waals surface area contributed by atoms with Gasteiger partial charge >= 0.3 is 0 Å². The minimum atomic E-state index is -0.466. The third kappa shape index (κ3) is 4.93. The van der Waals surface area contributed by atoms with Gasteiger partial charge in [-0.15, -0.1) is 0 Å². The van der Waals surface area contributed by atoms with E-state index in [-0.39, 0.29) is 0 Å². The van der Waals surface area contributed by atoms with Gasteiger partial charge in [-0.25, -0.2) is 9.98 Å². The first-order valence-corrected chi connectivity index (χ1v) is 18.4. The van der Waals surface area contributed by atoms with Crippen molar-refractivity contribution in [1.29, 1.82) is 0 Å². The molecule has 0 atom stereocenters. The summed E-state index contributed by atoms with van der Waals surface area (Å²) in [5.74, 6) is 0.617. The lowest BCUT2D eigenvalue weighted by Gasteiger charge is -2.30. The van der Waals surface area contributed by atoms with Gasteiger partial charge in [0.2, 0.25) is 0 Å². The van der Waals surface area contributed by atoms with Crippen LogP contribution < -0.4 is 0 Å². The fraction of sp³-hybridized carbons (Fsp3) is 0.0392. The normalized spacial score (nSPS) is 13.7. The van der Waals surface area contributed by atoms with Crippen LogP contribution in [-0.2, 0) is 5.41 Å². The summed E-state index contributed by atoms with van der Waals surface area (Å²) in [5, 5.41) is 2.38. The Labute approximate surface area is 315 Å². The van der Waals surface area contributed by atoms with Crippen LogP contribution in [0.5, 0.6) is 0 Å².